The number of tetrazole rings is 1. The van der Waals surface area contributed by atoms with Crippen LogP contribution in [-0.2, 0) is 21.4 Å². The van der Waals surface area contributed by atoms with Crippen LogP contribution in [0, 0.1) is 10.1 Å². The summed E-state index contributed by atoms with van der Waals surface area (Å²) in [5.74, 6) is 0. The molecule has 0 N–H and O–H groups in total. The molecule has 0 bridgehead atoms. The molecule has 3 aromatic rings. The molecule has 0 spiro atoms. The zero-order valence-electron chi connectivity index (χ0n) is 18.6. The largest absolute Gasteiger partial charge is 0.291 e. The van der Waals surface area contributed by atoms with E-state index < -0.39 is 31.6 Å². The number of aromatic nitrogens is 4. The van der Waals surface area contributed by atoms with Crippen molar-refractivity contribution in [1.82, 2.24) is 29.6 Å². The second-order valence-corrected chi connectivity index (χ2v) is 9.43. The van der Waals surface area contributed by atoms with Crippen LogP contribution >= 0.6 is 0 Å². The second-order valence-electron chi connectivity index (χ2n) is 7.68. The summed E-state index contributed by atoms with van der Waals surface area (Å²) in [6, 6.07) is 14.0. The van der Waals surface area contributed by atoms with Crippen LogP contribution in [0.25, 0.3) is 5.70 Å². The third kappa shape index (κ3) is 5.49. The van der Waals surface area contributed by atoms with Gasteiger partial charge in [-0.2, -0.15) is 0 Å². The topological polar surface area (TPSA) is 137 Å². The summed E-state index contributed by atoms with van der Waals surface area (Å²) in [6.45, 7) is 4.66. The van der Waals surface area contributed by atoms with Crippen molar-refractivity contribution in [2.24, 2.45) is 0 Å². The summed E-state index contributed by atoms with van der Waals surface area (Å²) in [6.07, 6.45) is 4.34. The monoisotopic (exact) mass is 497 g/mol. The van der Waals surface area contributed by atoms with Crippen molar-refractivity contribution in [3.8, 4) is 0 Å². The summed E-state index contributed by atoms with van der Waals surface area (Å²) in [7, 11) is -4.45. The summed E-state index contributed by atoms with van der Waals surface area (Å²) < 4.78 is 28.2. The van der Waals surface area contributed by atoms with Gasteiger partial charge in [0.2, 0.25) is 0 Å². The lowest BCUT2D eigenvalue weighted by Crippen LogP contribution is -2.49. The molecule has 1 unspecified atom stereocenters. The van der Waals surface area contributed by atoms with E-state index >= 15 is 0 Å². The van der Waals surface area contributed by atoms with Crippen LogP contribution in [-0.4, -0.2) is 68.7 Å². The quantitative estimate of drug-likeness (QED) is 0.234. The number of para-hydroxylation sites is 1. The molecule has 4 rings (SSSR count). The molecule has 0 amide bonds. The molecule has 35 heavy (non-hydrogen) atoms. The molecule has 1 aliphatic rings. The minimum Gasteiger partial charge on any atom is -0.291 e. The number of hydrogen-bond donors (Lipinski definition) is 0. The predicted molar refractivity (Wildman–Crippen MR) is 126 cm³/mol. The van der Waals surface area contributed by atoms with Crippen LogP contribution in [0.5, 0.6) is 0 Å². The van der Waals surface area contributed by atoms with E-state index in [0.29, 0.717) is 18.8 Å². The van der Waals surface area contributed by atoms with Gasteiger partial charge in [0.1, 0.15) is 0 Å². The molecule has 13 heteroatoms. The first-order chi connectivity index (χ1) is 16.9. The Bertz CT molecular complexity index is 1310. The highest BCUT2D eigenvalue weighted by Crippen LogP contribution is 2.30. The van der Waals surface area contributed by atoms with Crippen molar-refractivity contribution in [1.29, 1.82) is 0 Å². The Morgan fingerprint density at radius 1 is 1.20 bits per heavy atom. The lowest BCUT2D eigenvalue weighted by Gasteiger charge is -2.36. The maximum atomic E-state index is 13.7. The Hall–Kier alpha value is -3.78. The molecule has 1 atom stereocenters. The zero-order valence-corrected chi connectivity index (χ0v) is 19.4. The van der Waals surface area contributed by atoms with Crippen LogP contribution < -0.4 is 0 Å². The van der Waals surface area contributed by atoms with Gasteiger partial charge in [-0.15, -0.1) is 21.6 Å². The molecule has 0 radical (unpaired) electrons. The Kier molecular flexibility index (Phi) is 7.41. The van der Waals surface area contributed by atoms with Crippen LogP contribution in [0.4, 0.5) is 5.69 Å². The highest BCUT2D eigenvalue weighted by Gasteiger charge is 2.39. The van der Waals surface area contributed by atoms with Crippen LogP contribution in [0.1, 0.15) is 5.56 Å². The predicted octanol–water partition coefficient (Wildman–Crippen LogP) is 2.12. The first-order valence-electron chi connectivity index (χ1n) is 10.6. The molecule has 0 fully saturated rings. The number of sulfonamides is 1. The number of nitrogens with zero attached hydrogens (tertiary/aromatic N) is 7. The van der Waals surface area contributed by atoms with Crippen molar-refractivity contribution in [3.63, 3.8) is 0 Å². The Morgan fingerprint density at radius 2 is 1.94 bits per heavy atom. The average Bonchev–Trinajstić information content (AvgIpc) is 3.40. The van der Waals surface area contributed by atoms with E-state index in [-0.39, 0.29) is 13.2 Å². The number of hydrogen-bond acceptors (Lipinski definition) is 9. The van der Waals surface area contributed by atoms with Gasteiger partial charge in [0, 0.05) is 25.7 Å². The Balaban J connectivity index is 1.75. The molecule has 1 aliphatic heterocycles. The van der Waals surface area contributed by atoms with Gasteiger partial charge < -0.3 is 0 Å². The van der Waals surface area contributed by atoms with Crippen molar-refractivity contribution in [2.45, 2.75) is 17.5 Å². The molecule has 12 nitrogen and oxygen atoms in total. The molecule has 0 aliphatic carbocycles. The number of nitro benzene ring substituents is 1. The zero-order chi connectivity index (χ0) is 24.8. The molecular weight excluding hydrogens is 474 g/mol. The van der Waals surface area contributed by atoms with E-state index in [1.54, 1.807) is 6.08 Å². The van der Waals surface area contributed by atoms with E-state index in [9.17, 15) is 18.5 Å². The minimum atomic E-state index is -4.45. The summed E-state index contributed by atoms with van der Waals surface area (Å²) in [4.78, 5) is 19.3. The standard InChI is InChI=1S/C22H23N7O5S/c1-2-12-34-29(35(32,33)22-11-7-6-10-21(22)28(30)31)20-13-19(27-24-17-23-25-27)15-26(16-20)14-18-8-4-3-5-9-18/h2-11,13,17,20H,1,12,14-16H2. The van der Waals surface area contributed by atoms with Gasteiger partial charge in [0.15, 0.2) is 11.2 Å². The summed E-state index contributed by atoms with van der Waals surface area (Å²) in [5.41, 5.74) is 1.07. The molecule has 1 aromatic heterocycles. The van der Waals surface area contributed by atoms with Crippen LogP contribution in [0.2, 0.25) is 0 Å². The van der Waals surface area contributed by atoms with Gasteiger partial charge in [0.25, 0.3) is 15.7 Å². The Labute approximate surface area is 201 Å². The van der Waals surface area contributed by atoms with E-state index in [4.69, 9.17) is 4.84 Å². The van der Waals surface area contributed by atoms with Gasteiger partial charge in [-0.1, -0.05) is 53.0 Å². The smallest absolute Gasteiger partial charge is 0.289 e. The minimum absolute atomic E-state index is 0.125. The van der Waals surface area contributed by atoms with E-state index in [0.717, 1.165) is 16.1 Å². The highest BCUT2D eigenvalue weighted by molar-refractivity contribution is 7.89. The molecule has 2 heterocycles. The van der Waals surface area contributed by atoms with Gasteiger partial charge in [0.05, 0.1) is 23.3 Å². The van der Waals surface area contributed by atoms with Gasteiger partial charge in [-0.05, 0) is 22.9 Å². The third-order valence-electron chi connectivity index (χ3n) is 5.24. The lowest BCUT2D eigenvalue weighted by molar-refractivity contribution is -0.387. The number of hydroxylamine groups is 1. The first-order valence-corrected chi connectivity index (χ1v) is 12.1. The van der Waals surface area contributed by atoms with E-state index in [1.807, 2.05) is 35.2 Å². The van der Waals surface area contributed by atoms with E-state index in [2.05, 4.69) is 22.0 Å². The van der Waals surface area contributed by atoms with Crippen molar-refractivity contribution >= 4 is 21.4 Å². The van der Waals surface area contributed by atoms with Crippen LogP contribution in [0.15, 0.2) is 84.6 Å². The highest BCUT2D eigenvalue weighted by atomic mass is 32.2. The number of benzene rings is 2. The van der Waals surface area contributed by atoms with Gasteiger partial charge in [-0.25, -0.2) is 8.42 Å². The van der Waals surface area contributed by atoms with Crippen molar-refractivity contribution in [3.05, 3.63) is 95.3 Å². The molecule has 0 saturated heterocycles. The van der Waals surface area contributed by atoms with Gasteiger partial charge in [-0.3, -0.25) is 19.9 Å². The third-order valence-corrected chi connectivity index (χ3v) is 6.99. The van der Waals surface area contributed by atoms with Crippen molar-refractivity contribution in [2.75, 3.05) is 19.7 Å². The fourth-order valence-electron chi connectivity index (χ4n) is 3.80. The van der Waals surface area contributed by atoms with Crippen molar-refractivity contribution < 1.29 is 18.2 Å². The first kappa shape index (κ1) is 24.3. The second kappa shape index (κ2) is 10.7. The Morgan fingerprint density at radius 3 is 2.63 bits per heavy atom. The maximum absolute atomic E-state index is 13.7. The molecule has 0 saturated carbocycles. The fraction of sp³-hybridized carbons (Fsp3) is 0.227. The number of nitro groups is 1. The van der Waals surface area contributed by atoms with Crippen LogP contribution in [0.3, 0.4) is 0 Å². The van der Waals surface area contributed by atoms with Gasteiger partial charge >= 0.3 is 0 Å². The number of rotatable bonds is 10. The van der Waals surface area contributed by atoms with E-state index in [1.165, 1.54) is 35.4 Å². The normalized spacial score (nSPS) is 16.7. The maximum Gasteiger partial charge on any atom is 0.289 e. The average molecular weight is 498 g/mol. The lowest BCUT2D eigenvalue weighted by atomic mass is 10.1. The fourth-order valence-corrected chi connectivity index (χ4v) is 5.33. The summed E-state index contributed by atoms with van der Waals surface area (Å²) in [5, 5.41) is 23.3. The molecular formula is C22H23N7O5S. The summed E-state index contributed by atoms with van der Waals surface area (Å²) >= 11 is 0. The molecule has 182 valence electrons. The molecule has 2 aromatic carbocycles. The SMILES string of the molecule is C=CCON(C1C=C(n2ncnn2)CN(Cc2ccccc2)C1)S(=O)(=O)c1ccccc1[N+](=O)[O-].